The van der Waals surface area contributed by atoms with E-state index in [9.17, 15) is 4.79 Å². The Morgan fingerprint density at radius 2 is 1.84 bits per heavy atom. The summed E-state index contributed by atoms with van der Waals surface area (Å²) in [6.45, 7) is 15.5. The van der Waals surface area contributed by atoms with Crippen LogP contribution >= 0.6 is 0 Å². The Kier molecular flexibility index (Phi) is 7.51. The van der Waals surface area contributed by atoms with Crippen molar-refractivity contribution in [2.75, 3.05) is 7.11 Å². The van der Waals surface area contributed by atoms with Crippen LogP contribution in [0.15, 0.2) is 41.7 Å². The highest BCUT2D eigenvalue weighted by molar-refractivity contribution is 6.73. The first kappa shape index (κ1) is 23.8. The van der Waals surface area contributed by atoms with E-state index < -0.39 is 8.32 Å². The van der Waals surface area contributed by atoms with Crippen molar-refractivity contribution in [2.24, 2.45) is 17.8 Å². The summed E-state index contributed by atoms with van der Waals surface area (Å²) in [7, 11) is -0.0842. The molecule has 0 saturated heterocycles. The number of benzene rings is 1. The van der Waals surface area contributed by atoms with Gasteiger partial charge in [0.05, 0.1) is 12.9 Å². The fourth-order valence-electron chi connectivity index (χ4n) is 5.52. The zero-order valence-electron chi connectivity index (χ0n) is 20.3. The molecule has 0 saturated carbocycles. The van der Waals surface area contributed by atoms with Gasteiger partial charge in [0.15, 0.2) is 5.78 Å². The van der Waals surface area contributed by atoms with Gasteiger partial charge in [0, 0.05) is 17.9 Å². The molecule has 0 radical (unpaired) electrons. The Hall–Kier alpha value is -1.81. The highest BCUT2D eigenvalue weighted by Gasteiger charge is 2.41. The maximum absolute atomic E-state index is 13.6. The second-order valence-corrected chi connectivity index (χ2v) is 14.3. The highest BCUT2D eigenvalue weighted by atomic mass is 28.4. The molecule has 1 aromatic rings. The van der Waals surface area contributed by atoms with Crippen molar-refractivity contribution in [2.45, 2.75) is 78.4 Å². The van der Waals surface area contributed by atoms with E-state index in [0.717, 1.165) is 60.7 Å². The van der Waals surface area contributed by atoms with Crippen molar-refractivity contribution >= 4 is 14.1 Å². The van der Waals surface area contributed by atoms with Crippen LogP contribution in [0.5, 0.6) is 5.75 Å². The van der Waals surface area contributed by atoms with Gasteiger partial charge in [-0.2, -0.15) is 0 Å². The molecule has 0 aromatic heterocycles. The van der Waals surface area contributed by atoms with Gasteiger partial charge in [-0.25, -0.2) is 0 Å². The van der Waals surface area contributed by atoms with Crippen molar-refractivity contribution in [3.05, 3.63) is 52.8 Å². The van der Waals surface area contributed by atoms with Crippen LogP contribution in [0, 0.1) is 17.8 Å². The average Bonchev–Trinajstić information content (AvgIpc) is 2.78. The normalized spacial score (nSPS) is 24.1. The molecule has 0 spiro atoms. The molecule has 0 amide bonds. The number of Topliss-reactive ketones (excluding diaryl/α,β-unsaturated/α-hetero) is 1. The molecule has 4 heteroatoms. The van der Waals surface area contributed by atoms with Gasteiger partial charge in [-0.1, -0.05) is 32.9 Å². The summed E-state index contributed by atoms with van der Waals surface area (Å²) in [6.07, 6.45) is 3.78. The molecule has 0 heterocycles. The number of aryl methyl sites for hydroxylation is 1. The molecule has 2 aliphatic carbocycles. The number of carbonyl (C=O) groups is 1. The summed E-state index contributed by atoms with van der Waals surface area (Å²) in [4.78, 5) is 13.6. The Morgan fingerprint density at radius 1 is 1.16 bits per heavy atom. The first-order chi connectivity index (χ1) is 14.8. The van der Waals surface area contributed by atoms with E-state index in [1.807, 2.05) is 18.2 Å². The van der Waals surface area contributed by atoms with Gasteiger partial charge >= 0.3 is 0 Å². The molecule has 0 bridgehead atoms. The van der Waals surface area contributed by atoms with Crippen molar-refractivity contribution in [1.29, 1.82) is 0 Å². The predicted octanol–water partition coefficient (Wildman–Crippen LogP) is 7.34. The van der Waals surface area contributed by atoms with E-state index in [2.05, 4.69) is 41.2 Å². The van der Waals surface area contributed by atoms with E-state index in [1.54, 1.807) is 7.11 Å². The number of ketones is 1. The molecule has 1 aromatic carbocycles. The highest BCUT2D eigenvalue weighted by Crippen LogP contribution is 2.46. The predicted molar refractivity (Wildman–Crippen MR) is 131 cm³/mol. The summed E-state index contributed by atoms with van der Waals surface area (Å²) < 4.78 is 12.3. The first-order valence-electron chi connectivity index (χ1n) is 12.0. The quantitative estimate of drug-likeness (QED) is 0.313. The average molecular weight is 441 g/mol. The van der Waals surface area contributed by atoms with E-state index in [-0.39, 0.29) is 11.8 Å². The zero-order valence-corrected chi connectivity index (χ0v) is 21.3. The lowest BCUT2D eigenvalue weighted by Gasteiger charge is -2.41. The molecular weight excluding hydrogens is 400 g/mol. The minimum atomic E-state index is -1.76. The lowest BCUT2D eigenvalue weighted by molar-refractivity contribution is 0.0842. The summed E-state index contributed by atoms with van der Waals surface area (Å²) in [5, 5.41) is 0. The number of allylic oxidation sites excluding steroid dienone is 3. The second-order valence-electron chi connectivity index (χ2n) is 9.57. The van der Waals surface area contributed by atoms with Crippen molar-refractivity contribution in [1.82, 2.24) is 0 Å². The molecule has 170 valence electrons. The fourth-order valence-corrected chi connectivity index (χ4v) is 8.22. The molecule has 3 nitrogen and oxygen atoms in total. The SMILES string of the molecule is C=C(C)[C@H]1CC(O[Si](CC)(CC)CC)=C(C)[C@@H]([C@H]2CCc3cc(OC)ccc3C2=O)C1. The summed E-state index contributed by atoms with van der Waals surface area (Å²) in [5.41, 5.74) is 4.54. The Bertz CT molecular complexity index is 857. The Balaban J connectivity index is 1.96. The van der Waals surface area contributed by atoms with Gasteiger partial charge in [0.1, 0.15) is 5.75 Å². The molecular formula is C27H40O3Si. The standard InChI is InChI=1S/C27H40O3Si/c1-8-31(9-2,10-3)30-26-17-21(18(4)5)16-25(19(26)6)24-13-11-20-15-22(29-7)12-14-23(20)27(24)28/h12,14-15,21,24-25H,4,8-11,13,16-17H2,1-3,5-7H3/t21-,24-,25+/m1/s1. The van der Waals surface area contributed by atoms with Crippen LogP contribution in [-0.4, -0.2) is 21.2 Å². The number of rotatable bonds is 8. The van der Waals surface area contributed by atoms with Gasteiger partial charge in [-0.05, 0) is 92.4 Å². The van der Waals surface area contributed by atoms with Crippen molar-refractivity contribution < 1.29 is 14.0 Å². The van der Waals surface area contributed by atoms with Crippen molar-refractivity contribution in [3.8, 4) is 5.75 Å². The summed E-state index contributed by atoms with van der Waals surface area (Å²) in [6, 6.07) is 9.31. The van der Waals surface area contributed by atoms with Gasteiger partial charge in [0.25, 0.3) is 0 Å². The Labute approximate surface area is 190 Å². The van der Waals surface area contributed by atoms with Crippen LogP contribution in [0.3, 0.4) is 0 Å². The van der Waals surface area contributed by atoms with E-state index in [1.165, 1.54) is 16.9 Å². The molecule has 31 heavy (non-hydrogen) atoms. The lowest BCUT2D eigenvalue weighted by Crippen LogP contribution is -2.39. The zero-order chi connectivity index (χ0) is 22.8. The number of hydrogen-bond donors (Lipinski definition) is 0. The smallest absolute Gasteiger partial charge is 0.250 e. The minimum absolute atomic E-state index is 0.0302. The second kappa shape index (κ2) is 9.77. The van der Waals surface area contributed by atoms with Gasteiger partial charge < -0.3 is 9.16 Å². The van der Waals surface area contributed by atoms with Crippen LogP contribution in [0.1, 0.15) is 69.8 Å². The van der Waals surface area contributed by atoms with Crippen LogP contribution in [0.4, 0.5) is 0 Å². The number of ether oxygens (including phenoxy) is 1. The molecule has 0 N–H and O–H groups in total. The monoisotopic (exact) mass is 440 g/mol. The molecule has 0 aliphatic heterocycles. The van der Waals surface area contributed by atoms with Crippen LogP contribution in [0.2, 0.25) is 18.1 Å². The van der Waals surface area contributed by atoms with Gasteiger partial charge in [-0.3, -0.25) is 4.79 Å². The fraction of sp³-hybridized carbons (Fsp3) is 0.593. The van der Waals surface area contributed by atoms with E-state index >= 15 is 0 Å². The molecule has 3 rings (SSSR count). The molecule has 0 unspecified atom stereocenters. The maximum Gasteiger partial charge on any atom is 0.250 e. The van der Waals surface area contributed by atoms with Crippen LogP contribution in [-0.2, 0) is 10.8 Å². The number of methoxy groups -OCH3 is 1. The molecule has 3 atom stereocenters. The van der Waals surface area contributed by atoms with E-state index in [0.29, 0.717) is 11.7 Å². The third kappa shape index (κ3) is 4.69. The van der Waals surface area contributed by atoms with Crippen LogP contribution < -0.4 is 4.74 Å². The minimum Gasteiger partial charge on any atom is -0.547 e. The first-order valence-corrected chi connectivity index (χ1v) is 14.6. The maximum atomic E-state index is 13.6. The van der Waals surface area contributed by atoms with Crippen LogP contribution in [0.25, 0.3) is 0 Å². The summed E-state index contributed by atoms with van der Waals surface area (Å²) in [5.74, 6) is 2.96. The third-order valence-corrected chi connectivity index (χ3v) is 12.6. The van der Waals surface area contributed by atoms with Crippen molar-refractivity contribution in [3.63, 3.8) is 0 Å². The Morgan fingerprint density at radius 3 is 2.42 bits per heavy atom. The van der Waals surface area contributed by atoms with Gasteiger partial charge in [-0.15, -0.1) is 0 Å². The molecule has 0 fully saturated rings. The lowest BCUT2D eigenvalue weighted by atomic mass is 9.67. The number of fused-ring (bicyclic) bond motifs is 1. The summed E-state index contributed by atoms with van der Waals surface area (Å²) >= 11 is 0. The van der Waals surface area contributed by atoms with Gasteiger partial charge in [0.2, 0.25) is 8.32 Å². The number of hydrogen-bond acceptors (Lipinski definition) is 3. The number of carbonyl (C=O) groups excluding carboxylic acids is 1. The third-order valence-electron chi connectivity index (χ3n) is 8.06. The topological polar surface area (TPSA) is 35.5 Å². The largest absolute Gasteiger partial charge is 0.547 e. The van der Waals surface area contributed by atoms with E-state index in [4.69, 9.17) is 9.16 Å². The molecule has 2 aliphatic rings.